The Morgan fingerprint density at radius 2 is 2.10 bits per heavy atom. The molecule has 0 aliphatic heterocycles. The second kappa shape index (κ2) is 5.54. The topological polar surface area (TPSA) is 88.5 Å². The SMILES string of the molecule is O=C(O)NCc1ccc(-c2cnccc2-c2ccco2)o1. The van der Waals surface area contributed by atoms with Crippen molar-refractivity contribution in [2.24, 2.45) is 0 Å². The van der Waals surface area contributed by atoms with Gasteiger partial charge >= 0.3 is 6.09 Å². The molecule has 0 atom stereocenters. The molecule has 0 saturated carbocycles. The van der Waals surface area contributed by atoms with E-state index in [0.29, 0.717) is 17.3 Å². The van der Waals surface area contributed by atoms with E-state index in [0.717, 1.165) is 11.1 Å². The first-order valence-corrected chi connectivity index (χ1v) is 6.28. The summed E-state index contributed by atoms with van der Waals surface area (Å²) in [7, 11) is 0. The summed E-state index contributed by atoms with van der Waals surface area (Å²) in [5.74, 6) is 1.85. The molecule has 0 bridgehead atoms. The van der Waals surface area contributed by atoms with Crippen molar-refractivity contribution in [1.82, 2.24) is 10.3 Å². The molecule has 1 amide bonds. The summed E-state index contributed by atoms with van der Waals surface area (Å²) in [5.41, 5.74) is 1.65. The molecule has 0 aliphatic rings. The van der Waals surface area contributed by atoms with Crippen LogP contribution in [0, 0.1) is 0 Å². The van der Waals surface area contributed by atoms with Crippen molar-refractivity contribution < 1.29 is 18.7 Å². The zero-order chi connectivity index (χ0) is 14.7. The first kappa shape index (κ1) is 13.0. The zero-order valence-electron chi connectivity index (χ0n) is 10.9. The minimum absolute atomic E-state index is 0.117. The number of pyridine rings is 1. The maximum Gasteiger partial charge on any atom is 0.405 e. The van der Waals surface area contributed by atoms with Gasteiger partial charge in [0.05, 0.1) is 12.8 Å². The summed E-state index contributed by atoms with van der Waals surface area (Å²) in [6.07, 6.45) is 3.87. The molecule has 3 rings (SSSR count). The number of rotatable bonds is 4. The summed E-state index contributed by atoms with van der Waals surface area (Å²) in [6, 6.07) is 9.01. The number of nitrogens with one attached hydrogen (secondary N) is 1. The van der Waals surface area contributed by atoms with E-state index in [1.807, 2.05) is 18.2 Å². The predicted octanol–water partition coefficient (Wildman–Crippen LogP) is 3.37. The quantitative estimate of drug-likeness (QED) is 0.766. The Kier molecular flexibility index (Phi) is 3.42. The molecule has 3 aromatic rings. The zero-order valence-corrected chi connectivity index (χ0v) is 10.9. The van der Waals surface area contributed by atoms with Gasteiger partial charge in [-0.15, -0.1) is 0 Å². The van der Waals surface area contributed by atoms with Crippen molar-refractivity contribution in [3.8, 4) is 22.6 Å². The number of carboxylic acid groups (broad SMARTS) is 1. The Morgan fingerprint density at radius 3 is 2.86 bits per heavy atom. The summed E-state index contributed by atoms with van der Waals surface area (Å²) in [4.78, 5) is 14.6. The number of carbonyl (C=O) groups is 1. The maximum absolute atomic E-state index is 10.5. The Labute approximate surface area is 120 Å². The van der Waals surface area contributed by atoms with Crippen molar-refractivity contribution in [3.63, 3.8) is 0 Å². The summed E-state index contributed by atoms with van der Waals surface area (Å²) >= 11 is 0. The largest absolute Gasteiger partial charge is 0.465 e. The number of aromatic nitrogens is 1. The van der Waals surface area contributed by atoms with E-state index in [1.54, 1.807) is 30.8 Å². The highest BCUT2D eigenvalue weighted by atomic mass is 16.4. The highest BCUT2D eigenvalue weighted by Gasteiger charge is 2.13. The number of nitrogens with zero attached hydrogens (tertiary/aromatic N) is 1. The fourth-order valence-electron chi connectivity index (χ4n) is 2.02. The molecule has 6 heteroatoms. The Balaban J connectivity index is 1.92. The normalized spacial score (nSPS) is 10.5. The first-order valence-electron chi connectivity index (χ1n) is 6.28. The standard InChI is InChI=1S/C15H12N2O4/c18-15(19)17-8-10-3-4-14(21-10)12-9-16-6-5-11(12)13-2-1-7-20-13/h1-7,9,17H,8H2,(H,18,19). The minimum Gasteiger partial charge on any atom is -0.465 e. The van der Waals surface area contributed by atoms with Crippen molar-refractivity contribution in [3.05, 3.63) is 54.7 Å². The second-order valence-electron chi connectivity index (χ2n) is 4.32. The van der Waals surface area contributed by atoms with Gasteiger partial charge in [-0.3, -0.25) is 4.98 Å². The third kappa shape index (κ3) is 2.79. The molecule has 21 heavy (non-hydrogen) atoms. The molecule has 6 nitrogen and oxygen atoms in total. The van der Waals surface area contributed by atoms with E-state index < -0.39 is 6.09 Å². The van der Waals surface area contributed by atoms with Crippen LogP contribution >= 0.6 is 0 Å². The van der Waals surface area contributed by atoms with Gasteiger partial charge in [0.15, 0.2) is 0 Å². The highest BCUT2D eigenvalue weighted by molar-refractivity contribution is 5.77. The smallest absolute Gasteiger partial charge is 0.405 e. The van der Waals surface area contributed by atoms with Gasteiger partial charge in [-0.2, -0.15) is 0 Å². The van der Waals surface area contributed by atoms with E-state index in [-0.39, 0.29) is 6.54 Å². The van der Waals surface area contributed by atoms with Gasteiger partial charge in [0, 0.05) is 23.5 Å². The van der Waals surface area contributed by atoms with Crippen LogP contribution in [0.3, 0.4) is 0 Å². The molecule has 3 aromatic heterocycles. The Hall–Kier alpha value is -3.02. The summed E-state index contributed by atoms with van der Waals surface area (Å²) < 4.78 is 11.1. The molecule has 2 N–H and O–H groups in total. The molecule has 0 saturated heterocycles. The number of furan rings is 2. The van der Waals surface area contributed by atoms with E-state index >= 15 is 0 Å². The van der Waals surface area contributed by atoms with Gasteiger partial charge in [-0.05, 0) is 30.3 Å². The van der Waals surface area contributed by atoms with E-state index in [4.69, 9.17) is 13.9 Å². The van der Waals surface area contributed by atoms with Crippen LogP contribution in [-0.4, -0.2) is 16.2 Å². The third-order valence-corrected chi connectivity index (χ3v) is 2.95. The van der Waals surface area contributed by atoms with E-state index in [9.17, 15) is 4.79 Å². The van der Waals surface area contributed by atoms with Gasteiger partial charge in [0.25, 0.3) is 0 Å². The molecule has 0 aromatic carbocycles. The Bertz CT molecular complexity index is 747. The highest BCUT2D eigenvalue weighted by Crippen LogP contribution is 2.32. The second-order valence-corrected chi connectivity index (χ2v) is 4.32. The van der Waals surface area contributed by atoms with Crippen LogP contribution in [0.15, 0.2) is 57.8 Å². The number of hydrogen-bond acceptors (Lipinski definition) is 4. The van der Waals surface area contributed by atoms with Crippen molar-refractivity contribution in [2.75, 3.05) is 0 Å². The molecule has 0 unspecified atom stereocenters. The van der Waals surface area contributed by atoms with Crippen LogP contribution in [0.25, 0.3) is 22.6 Å². The van der Waals surface area contributed by atoms with E-state index in [2.05, 4.69) is 10.3 Å². The fourth-order valence-corrected chi connectivity index (χ4v) is 2.02. The van der Waals surface area contributed by atoms with Gasteiger partial charge in [-0.1, -0.05) is 0 Å². The monoisotopic (exact) mass is 284 g/mol. The lowest BCUT2D eigenvalue weighted by Crippen LogP contribution is -2.19. The lowest BCUT2D eigenvalue weighted by molar-refractivity contribution is 0.193. The van der Waals surface area contributed by atoms with Crippen LogP contribution in [0.4, 0.5) is 4.79 Å². The van der Waals surface area contributed by atoms with Crippen molar-refractivity contribution in [1.29, 1.82) is 0 Å². The average molecular weight is 284 g/mol. The molecule has 106 valence electrons. The lowest BCUT2D eigenvalue weighted by atomic mass is 10.1. The lowest BCUT2D eigenvalue weighted by Gasteiger charge is -2.04. The molecule has 0 radical (unpaired) electrons. The fraction of sp³-hybridized carbons (Fsp3) is 0.0667. The van der Waals surface area contributed by atoms with Crippen LogP contribution < -0.4 is 5.32 Å². The molecule has 3 heterocycles. The van der Waals surface area contributed by atoms with Crippen molar-refractivity contribution in [2.45, 2.75) is 6.54 Å². The summed E-state index contributed by atoms with van der Waals surface area (Å²) in [6.45, 7) is 0.117. The molecule has 0 aliphatic carbocycles. The first-order chi connectivity index (χ1) is 10.2. The van der Waals surface area contributed by atoms with Gasteiger partial charge in [0.1, 0.15) is 17.3 Å². The number of amides is 1. The maximum atomic E-state index is 10.5. The van der Waals surface area contributed by atoms with Crippen LogP contribution in [-0.2, 0) is 6.54 Å². The molecular formula is C15H12N2O4. The average Bonchev–Trinajstić information content (AvgIpc) is 3.17. The number of hydrogen-bond donors (Lipinski definition) is 2. The molecule has 0 spiro atoms. The van der Waals surface area contributed by atoms with Gasteiger partial charge in [-0.25, -0.2) is 4.79 Å². The van der Waals surface area contributed by atoms with Crippen LogP contribution in [0.2, 0.25) is 0 Å². The molecular weight excluding hydrogens is 272 g/mol. The molecule has 0 fully saturated rings. The van der Waals surface area contributed by atoms with Crippen LogP contribution in [0.5, 0.6) is 0 Å². The third-order valence-electron chi connectivity index (χ3n) is 2.95. The van der Waals surface area contributed by atoms with Crippen LogP contribution in [0.1, 0.15) is 5.76 Å². The van der Waals surface area contributed by atoms with Gasteiger partial charge in [0.2, 0.25) is 0 Å². The van der Waals surface area contributed by atoms with Crippen molar-refractivity contribution >= 4 is 6.09 Å². The van der Waals surface area contributed by atoms with Gasteiger partial charge < -0.3 is 19.3 Å². The predicted molar refractivity (Wildman–Crippen MR) is 74.5 cm³/mol. The van der Waals surface area contributed by atoms with E-state index in [1.165, 1.54) is 0 Å². The minimum atomic E-state index is -1.09. The summed E-state index contributed by atoms with van der Waals surface area (Å²) in [5, 5.41) is 10.9. The Morgan fingerprint density at radius 1 is 1.19 bits per heavy atom.